The lowest BCUT2D eigenvalue weighted by Crippen LogP contribution is -2.25. The number of anilines is 1. The summed E-state index contributed by atoms with van der Waals surface area (Å²) in [5, 5.41) is 0.786. The largest absolute Gasteiger partial charge is 0.364 e. The molecule has 17 heavy (non-hydrogen) atoms. The third-order valence-corrected chi connectivity index (χ3v) is 3.42. The van der Waals surface area contributed by atoms with Crippen LogP contribution in [-0.2, 0) is 0 Å². The average Bonchev–Trinajstić information content (AvgIpc) is 3.10. The van der Waals surface area contributed by atoms with Crippen molar-refractivity contribution < 1.29 is 0 Å². The Morgan fingerprint density at radius 1 is 1.59 bits per heavy atom. The summed E-state index contributed by atoms with van der Waals surface area (Å²) in [6, 6.07) is 6.76. The van der Waals surface area contributed by atoms with Crippen molar-refractivity contribution in [3.8, 4) is 0 Å². The van der Waals surface area contributed by atoms with Crippen molar-refractivity contribution >= 4 is 17.3 Å². The minimum atomic E-state index is 0.0235. The molecule has 1 aliphatic rings. The molecule has 0 radical (unpaired) electrons. The van der Waals surface area contributed by atoms with Crippen LogP contribution in [0, 0.1) is 0 Å². The van der Waals surface area contributed by atoms with E-state index in [1.807, 2.05) is 19.1 Å². The smallest absolute Gasteiger partial charge is 0.0643 e. The molecule has 0 aliphatic heterocycles. The molecule has 0 spiro atoms. The lowest BCUT2D eigenvalue weighted by atomic mass is 10.1. The molecule has 0 unspecified atom stereocenters. The van der Waals surface area contributed by atoms with Gasteiger partial charge >= 0.3 is 0 Å². The summed E-state index contributed by atoms with van der Waals surface area (Å²) in [4.78, 5) is 2.32. The molecule has 0 saturated heterocycles. The predicted molar refractivity (Wildman–Crippen MR) is 74.6 cm³/mol. The van der Waals surface area contributed by atoms with Gasteiger partial charge in [0.25, 0.3) is 0 Å². The Labute approximate surface area is 108 Å². The summed E-state index contributed by atoms with van der Waals surface area (Å²) >= 11 is 6.34. The molecule has 1 aromatic rings. The predicted octanol–water partition coefficient (Wildman–Crippen LogP) is 3.51. The molecule has 2 nitrogen and oxygen atoms in total. The van der Waals surface area contributed by atoms with E-state index in [9.17, 15) is 0 Å². The van der Waals surface area contributed by atoms with Gasteiger partial charge in [0.05, 0.1) is 10.7 Å². The fourth-order valence-electron chi connectivity index (χ4n) is 2.01. The Balaban J connectivity index is 2.27. The summed E-state index contributed by atoms with van der Waals surface area (Å²) in [7, 11) is 0. The van der Waals surface area contributed by atoms with Gasteiger partial charge in [-0.1, -0.05) is 23.7 Å². The Morgan fingerprint density at radius 3 is 2.76 bits per heavy atom. The highest BCUT2D eigenvalue weighted by atomic mass is 35.5. The quantitative estimate of drug-likeness (QED) is 0.811. The Bertz CT molecular complexity index is 411. The van der Waals surface area contributed by atoms with E-state index in [4.69, 9.17) is 17.3 Å². The SMILES string of the molecule is C=CCN(c1ccc([C@@H](C)N)cc1Cl)C1CC1. The first-order valence-electron chi connectivity index (χ1n) is 6.06. The summed E-state index contributed by atoms with van der Waals surface area (Å²) in [6.45, 7) is 6.62. The van der Waals surface area contributed by atoms with Crippen molar-refractivity contribution in [1.29, 1.82) is 0 Å². The third kappa shape index (κ3) is 2.82. The van der Waals surface area contributed by atoms with Crippen molar-refractivity contribution in [2.24, 2.45) is 5.73 Å². The van der Waals surface area contributed by atoms with Crippen molar-refractivity contribution in [2.75, 3.05) is 11.4 Å². The maximum atomic E-state index is 6.34. The van der Waals surface area contributed by atoms with Crippen LogP contribution in [0.15, 0.2) is 30.9 Å². The Hall–Kier alpha value is -0.990. The molecular weight excluding hydrogens is 232 g/mol. The molecule has 1 saturated carbocycles. The highest BCUT2D eigenvalue weighted by molar-refractivity contribution is 6.33. The van der Waals surface area contributed by atoms with E-state index in [0.29, 0.717) is 6.04 Å². The zero-order valence-corrected chi connectivity index (χ0v) is 11.0. The van der Waals surface area contributed by atoms with Crippen molar-refractivity contribution in [2.45, 2.75) is 31.8 Å². The molecule has 2 rings (SSSR count). The maximum absolute atomic E-state index is 6.34. The number of nitrogens with two attached hydrogens (primary N) is 1. The molecule has 0 heterocycles. The summed E-state index contributed by atoms with van der Waals surface area (Å²) in [6.07, 6.45) is 4.42. The van der Waals surface area contributed by atoms with Crippen LogP contribution in [0.4, 0.5) is 5.69 Å². The van der Waals surface area contributed by atoms with Gasteiger partial charge in [0, 0.05) is 18.6 Å². The molecule has 3 heteroatoms. The van der Waals surface area contributed by atoms with Gasteiger partial charge in [-0.3, -0.25) is 0 Å². The maximum Gasteiger partial charge on any atom is 0.0643 e. The lowest BCUT2D eigenvalue weighted by molar-refractivity contribution is 0.815. The van der Waals surface area contributed by atoms with Gasteiger partial charge in [0.1, 0.15) is 0 Å². The zero-order valence-electron chi connectivity index (χ0n) is 10.2. The third-order valence-electron chi connectivity index (χ3n) is 3.12. The molecule has 0 amide bonds. The van der Waals surface area contributed by atoms with Crippen LogP contribution in [0.1, 0.15) is 31.4 Å². The van der Waals surface area contributed by atoms with Crippen LogP contribution in [-0.4, -0.2) is 12.6 Å². The van der Waals surface area contributed by atoms with Gasteiger partial charge in [-0.05, 0) is 37.5 Å². The van der Waals surface area contributed by atoms with E-state index in [-0.39, 0.29) is 6.04 Å². The highest BCUT2D eigenvalue weighted by Crippen LogP contribution is 2.36. The number of hydrogen-bond donors (Lipinski definition) is 1. The number of rotatable bonds is 5. The first kappa shape index (κ1) is 12.5. The number of halogens is 1. The first-order valence-corrected chi connectivity index (χ1v) is 6.44. The normalized spacial score (nSPS) is 16.6. The number of hydrogen-bond acceptors (Lipinski definition) is 2. The fourth-order valence-corrected chi connectivity index (χ4v) is 2.31. The average molecular weight is 251 g/mol. The summed E-state index contributed by atoms with van der Waals surface area (Å²) < 4.78 is 0. The van der Waals surface area contributed by atoms with Crippen LogP contribution in [0.2, 0.25) is 5.02 Å². The molecule has 1 aromatic carbocycles. The number of benzene rings is 1. The minimum Gasteiger partial charge on any atom is -0.364 e. The highest BCUT2D eigenvalue weighted by Gasteiger charge is 2.29. The van der Waals surface area contributed by atoms with Crippen molar-refractivity contribution in [3.63, 3.8) is 0 Å². The van der Waals surface area contributed by atoms with E-state index in [1.165, 1.54) is 12.8 Å². The molecule has 0 bridgehead atoms. The molecule has 1 atom stereocenters. The van der Waals surface area contributed by atoms with Crippen LogP contribution >= 0.6 is 11.6 Å². The van der Waals surface area contributed by atoms with Gasteiger partial charge in [0.15, 0.2) is 0 Å². The van der Waals surface area contributed by atoms with Crippen LogP contribution in [0.5, 0.6) is 0 Å². The summed E-state index contributed by atoms with van der Waals surface area (Å²) in [5.74, 6) is 0. The first-order chi connectivity index (χ1) is 8.13. The van der Waals surface area contributed by atoms with Crippen molar-refractivity contribution in [1.82, 2.24) is 0 Å². The molecule has 1 fully saturated rings. The Kier molecular flexibility index (Phi) is 3.75. The Morgan fingerprint density at radius 2 is 2.29 bits per heavy atom. The molecule has 92 valence electrons. The van der Waals surface area contributed by atoms with Crippen LogP contribution in [0.3, 0.4) is 0 Å². The number of nitrogens with zero attached hydrogens (tertiary/aromatic N) is 1. The van der Waals surface area contributed by atoms with E-state index >= 15 is 0 Å². The standard InChI is InChI=1S/C14H19ClN2/c1-3-8-17(12-5-6-12)14-7-4-11(10(2)16)9-13(14)15/h3-4,7,9-10,12H,1,5-6,8,16H2,2H3/t10-/m1/s1. The van der Waals surface area contributed by atoms with Gasteiger partial charge in [0.2, 0.25) is 0 Å². The van der Waals surface area contributed by atoms with Gasteiger partial charge in [-0.15, -0.1) is 6.58 Å². The topological polar surface area (TPSA) is 29.3 Å². The monoisotopic (exact) mass is 250 g/mol. The molecule has 1 aliphatic carbocycles. The lowest BCUT2D eigenvalue weighted by Gasteiger charge is -2.24. The summed E-state index contributed by atoms with van der Waals surface area (Å²) in [5.41, 5.74) is 8.02. The molecule has 0 aromatic heterocycles. The van der Waals surface area contributed by atoms with E-state index in [1.54, 1.807) is 0 Å². The van der Waals surface area contributed by atoms with E-state index in [0.717, 1.165) is 22.8 Å². The second-order valence-corrected chi connectivity index (χ2v) is 5.08. The van der Waals surface area contributed by atoms with E-state index in [2.05, 4.69) is 23.6 Å². The second kappa shape index (κ2) is 5.11. The van der Waals surface area contributed by atoms with Crippen LogP contribution in [0.25, 0.3) is 0 Å². The minimum absolute atomic E-state index is 0.0235. The van der Waals surface area contributed by atoms with E-state index < -0.39 is 0 Å². The van der Waals surface area contributed by atoms with Gasteiger partial charge < -0.3 is 10.6 Å². The fraction of sp³-hybridized carbons (Fsp3) is 0.429. The van der Waals surface area contributed by atoms with Gasteiger partial charge in [-0.25, -0.2) is 0 Å². The second-order valence-electron chi connectivity index (χ2n) is 4.67. The van der Waals surface area contributed by atoms with Gasteiger partial charge in [-0.2, -0.15) is 0 Å². The van der Waals surface area contributed by atoms with Crippen molar-refractivity contribution in [3.05, 3.63) is 41.4 Å². The molecule has 2 N–H and O–H groups in total. The molecular formula is C14H19ClN2. The zero-order chi connectivity index (χ0) is 12.4. The van der Waals surface area contributed by atoms with Crippen LogP contribution < -0.4 is 10.6 Å².